The smallest absolute Gasteiger partial charge is 0.263 e. The second kappa shape index (κ2) is 7.54. The minimum absolute atomic E-state index is 0.0898. The molecule has 0 spiro atoms. The number of pyridine rings is 1. The van der Waals surface area contributed by atoms with E-state index in [2.05, 4.69) is 15.0 Å². The molecule has 1 aromatic heterocycles. The van der Waals surface area contributed by atoms with Gasteiger partial charge in [0.2, 0.25) is 0 Å². The Labute approximate surface area is 138 Å². The molecule has 1 unspecified atom stereocenters. The lowest BCUT2D eigenvalue weighted by molar-refractivity contribution is 0.188. The molecule has 0 saturated heterocycles. The molecule has 9 heteroatoms. The van der Waals surface area contributed by atoms with Crippen LogP contribution in [0.4, 0.5) is 20.3 Å². The second-order valence-electron chi connectivity index (χ2n) is 5.18. The van der Waals surface area contributed by atoms with Crippen molar-refractivity contribution in [2.45, 2.75) is 24.3 Å². The van der Waals surface area contributed by atoms with E-state index >= 15 is 0 Å². The van der Waals surface area contributed by atoms with Gasteiger partial charge < -0.3 is 10.4 Å². The molecular formula is C15H17F2N3O3S. The van der Waals surface area contributed by atoms with Crippen molar-refractivity contribution in [3.8, 4) is 0 Å². The molecule has 130 valence electrons. The minimum atomic E-state index is -3.96. The number of anilines is 2. The van der Waals surface area contributed by atoms with E-state index in [0.29, 0.717) is 18.8 Å². The third-order valence-electron chi connectivity index (χ3n) is 3.09. The quantitative estimate of drug-likeness (QED) is 0.707. The first-order valence-corrected chi connectivity index (χ1v) is 8.62. The lowest BCUT2D eigenvalue weighted by Gasteiger charge is -2.10. The Morgan fingerprint density at radius 2 is 1.96 bits per heavy atom. The Morgan fingerprint density at radius 1 is 1.21 bits per heavy atom. The van der Waals surface area contributed by atoms with Crippen LogP contribution < -0.4 is 10.0 Å². The van der Waals surface area contributed by atoms with E-state index in [9.17, 15) is 17.2 Å². The third kappa shape index (κ3) is 4.87. The van der Waals surface area contributed by atoms with E-state index < -0.39 is 27.8 Å². The van der Waals surface area contributed by atoms with Crippen LogP contribution >= 0.6 is 0 Å². The Bertz CT molecular complexity index is 796. The molecule has 1 atom stereocenters. The summed E-state index contributed by atoms with van der Waals surface area (Å²) < 4.78 is 52.5. The van der Waals surface area contributed by atoms with Crippen molar-refractivity contribution in [2.24, 2.45) is 0 Å². The zero-order valence-corrected chi connectivity index (χ0v) is 13.6. The van der Waals surface area contributed by atoms with Crippen molar-refractivity contribution in [3.63, 3.8) is 0 Å². The normalized spacial score (nSPS) is 12.7. The Balaban J connectivity index is 2.07. The first-order valence-electron chi connectivity index (χ1n) is 7.14. The maximum absolute atomic E-state index is 13.1. The second-order valence-corrected chi connectivity index (χ2v) is 6.86. The van der Waals surface area contributed by atoms with Crippen molar-refractivity contribution in [1.82, 2.24) is 4.98 Å². The lowest BCUT2D eigenvalue weighted by atomic mass is 10.3. The van der Waals surface area contributed by atoms with Crippen LogP contribution in [0.25, 0.3) is 0 Å². The number of nitrogens with one attached hydrogen (secondary N) is 2. The molecule has 1 aromatic carbocycles. The van der Waals surface area contributed by atoms with Crippen LogP contribution in [-0.4, -0.2) is 31.2 Å². The van der Waals surface area contributed by atoms with Gasteiger partial charge in [-0.05, 0) is 37.6 Å². The molecule has 0 aliphatic carbocycles. The number of aliphatic hydroxyl groups excluding tert-OH is 1. The summed E-state index contributed by atoms with van der Waals surface area (Å²) >= 11 is 0. The SMILES string of the molecule is CC(O)CCNc1ccc(S(=O)(=O)Nc2ccc(F)c(F)c2)cn1. The summed E-state index contributed by atoms with van der Waals surface area (Å²) in [5.41, 5.74) is -0.0898. The van der Waals surface area contributed by atoms with Crippen molar-refractivity contribution in [1.29, 1.82) is 0 Å². The molecule has 2 rings (SSSR count). The predicted octanol–water partition coefficient (Wildman–Crippen LogP) is 2.34. The molecule has 0 radical (unpaired) electrons. The first-order chi connectivity index (χ1) is 11.3. The van der Waals surface area contributed by atoms with Gasteiger partial charge in [-0.25, -0.2) is 22.2 Å². The molecule has 0 amide bonds. The van der Waals surface area contributed by atoms with Gasteiger partial charge in [-0.15, -0.1) is 0 Å². The Kier molecular flexibility index (Phi) is 5.68. The highest BCUT2D eigenvalue weighted by Crippen LogP contribution is 2.18. The fourth-order valence-corrected chi connectivity index (χ4v) is 2.82. The zero-order valence-electron chi connectivity index (χ0n) is 12.8. The van der Waals surface area contributed by atoms with Crippen LogP contribution in [0, 0.1) is 11.6 Å². The van der Waals surface area contributed by atoms with Gasteiger partial charge in [0.15, 0.2) is 11.6 Å². The van der Waals surface area contributed by atoms with Gasteiger partial charge in [-0.1, -0.05) is 0 Å². The molecule has 0 saturated carbocycles. The number of nitrogens with zero attached hydrogens (tertiary/aromatic N) is 1. The molecule has 6 nitrogen and oxygen atoms in total. The summed E-state index contributed by atoms with van der Waals surface area (Å²) in [5, 5.41) is 12.1. The molecule has 2 aromatic rings. The monoisotopic (exact) mass is 357 g/mol. The number of hydrogen-bond acceptors (Lipinski definition) is 5. The van der Waals surface area contributed by atoms with Crippen LogP contribution in [0.3, 0.4) is 0 Å². The molecule has 0 aliphatic rings. The van der Waals surface area contributed by atoms with Gasteiger partial charge in [-0.3, -0.25) is 4.72 Å². The molecule has 0 bridgehead atoms. The molecule has 0 aliphatic heterocycles. The largest absolute Gasteiger partial charge is 0.393 e. The molecule has 3 N–H and O–H groups in total. The van der Waals surface area contributed by atoms with Gasteiger partial charge in [0.1, 0.15) is 10.7 Å². The average Bonchev–Trinajstić information content (AvgIpc) is 2.51. The van der Waals surface area contributed by atoms with Gasteiger partial charge in [0, 0.05) is 18.8 Å². The average molecular weight is 357 g/mol. The van der Waals surface area contributed by atoms with Crippen LogP contribution in [0.15, 0.2) is 41.4 Å². The summed E-state index contributed by atoms with van der Waals surface area (Å²) in [7, 11) is -3.96. The fourth-order valence-electron chi connectivity index (χ4n) is 1.83. The summed E-state index contributed by atoms with van der Waals surface area (Å²) in [5.74, 6) is -1.75. The fraction of sp³-hybridized carbons (Fsp3) is 0.267. The van der Waals surface area contributed by atoms with Gasteiger partial charge in [0.25, 0.3) is 10.0 Å². The summed E-state index contributed by atoms with van der Waals surface area (Å²) in [6, 6.07) is 5.52. The summed E-state index contributed by atoms with van der Waals surface area (Å²) in [6.07, 6.45) is 1.23. The lowest BCUT2D eigenvalue weighted by Crippen LogP contribution is -2.14. The van der Waals surface area contributed by atoms with Crippen molar-refractivity contribution in [3.05, 3.63) is 48.2 Å². The van der Waals surface area contributed by atoms with E-state index in [-0.39, 0.29) is 10.6 Å². The topological polar surface area (TPSA) is 91.3 Å². The number of hydrogen-bond donors (Lipinski definition) is 3. The maximum Gasteiger partial charge on any atom is 0.263 e. The molecule has 24 heavy (non-hydrogen) atoms. The highest BCUT2D eigenvalue weighted by molar-refractivity contribution is 7.92. The predicted molar refractivity (Wildman–Crippen MR) is 86.2 cm³/mol. The zero-order chi connectivity index (χ0) is 17.7. The van der Waals surface area contributed by atoms with Crippen LogP contribution in [-0.2, 0) is 10.0 Å². The Hall–Kier alpha value is -2.26. The number of benzene rings is 1. The third-order valence-corrected chi connectivity index (χ3v) is 4.45. The van der Waals surface area contributed by atoms with Crippen LogP contribution in [0.1, 0.15) is 13.3 Å². The van der Waals surface area contributed by atoms with Crippen molar-refractivity contribution in [2.75, 3.05) is 16.6 Å². The van der Waals surface area contributed by atoms with Gasteiger partial charge in [-0.2, -0.15) is 0 Å². The van der Waals surface area contributed by atoms with E-state index in [4.69, 9.17) is 5.11 Å². The number of aromatic nitrogens is 1. The highest BCUT2D eigenvalue weighted by Gasteiger charge is 2.15. The molecule has 1 heterocycles. The summed E-state index contributed by atoms with van der Waals surface area (Å²) in [4.78, 5) is 3.85. The van der Waals surface area contributed by atoms with Crippen molar-refractivity contribution >= 4 is 21.5 Å². The minimum Gasteiger partial charge on any atom is -0.393 e. The number of rotatable bonds is 7. The number of sulfonamides is 1. The van der Waals surface area contributed by atoms with E-state index in [0.717, 1.165) is 24.4 Å². The maximum atomic E-state index is 13.1. The van der Waals surface area contributed by atoms with E-state index in [1.54, 1.807) is 6.92 Å². The van der Waals surface area contributed by atoms with E-state index in [1.807, 2.05) is 0 Å². The van der Waals surface area contributed by atoms with Crippen molar-refractivity contribution < 1.29 is 22.3 Å². The molecular weight excluding hydrogens is 340 g/mol. The number of halogens is 2. The van der Waals surface area contributed by atoms with Gasteiger partial charge in [0.05, 0.1) is 11.8 Å². The van der Waals surface area contributed by atoms with Gasteiger partial charge >= 0.3 is 0 Å². The Morgan fingerprint density at radius 3 is 2.54 bits per heavy atom. The first kappa shape index (κ1) is 18.1. The van der Waals surface area contributed by atoms with E-state index in [1.165, 1.54) is 12.1 Å². The highest BCUT2D eigenvalue weighted by atomic mass is 32.2. The van der Waals surface area contributed by atoms with Crippen LogP contribution in [0.5, 0.6) is 0 Å². The molecule has 0 fully saturated rings. The summed E-state index contributed by atoms with van der Waals surface area (Å²) in [6.45, 7) is 2.15. The van der Waals surface area contributed by atoms with Crippen LogP contribution in [0.2, 0.25) is 0 Å². The standard InChI is InChI=1S/C15H17F2N3O3S/c1-10(21)6-7-18-15-5-3-12(9-19-15)24(22,23)20-11-2-4-13(16)14(17)8-11/h2-5,8-10,20-21H,6-7H2,1H3,(H,18,19). The number of aliphatic hydroxyl groups is 1.